The van der Waals surface area contributed by atoms with Gasteiger partial charge < -0.3 is 11.1 Å². The SMILES string of the molecule is NCCc1ccc(C(=O)Nc2cc(F)c(F)c(F)c2)cc1. The first-order valence-corrected chi connectivity index (χ1v) is 6.26. The fourth-order valence-electron chi connectivity index (χ4n) is 1.82. The molecule has 2 aromatic rings. The van der Waals surface area contributed by atoms with E-state index in [0.717, 1.165) is 17.7 Å². The highest BCUT2D eigenvalue weighted by atomic mass is 19.2. The first kappa shape index (κ1) is 15.1. The molecule has 6 heteroatoms. The maximum atomic E-state index is 13.1. The first-order valence-electron chi connectivity index (χ1n) is 6.26. The monoisotopic (exact) mass is 294 g/mol. The molecular weight excluding hydrogens is 281 g/mol. The second-order valence-electron chi connectivity index (χ2n) is 4.44. The molecule has 0 saturated carbocycles. The Labute approximate surface area is 119 Å². The van der Waals surface area contributed by atoms with E-state index in [1.807, 2.05) is 0 Å². The Hall–Kier alpha value is -2.34. The van der Waals surface area contributed by atoms with Gasteiger partial charge in [-0.1, -0.05) is 12.1 Å². The van der Waals surface area contributed by atoms with Gasteiger partial charge in [0.1, 0.15) is 0 Å². The Kier molecular flexibility index (Phi) is 4.59. The lowest BCUT2D eigenvalue weighted by Gasteiger charge is -2.07. The molecule has 0 fully saturated rings. The molecule has 2 rings (SSSR count). The fourth-order valence-corrected chi connectivity index (χ4v) is 1.82. The van der Waals surface area contributed by atoms with Gasteiger partial charge in [-0.15, -0.1) is 0 Å². The summed E-state index contributed by atoms with van der Waals surface area (Å²) in [6, 6.07) is 8.09. The molecule has 0 saturated heterocycles. The van der Waals surface area contributed by atoms with E-state index in [2.05, 4.69) is 5.32 Å². The number of benzene rings is 2. The summed E-state index contributed by atoms with van der Waals surface area (Å²) in [6.45, 7) is 0.500. The third-order valence-corrected chi connectivity index (χ3v) is 2.89. The minimum absolute atomic E-state index is 0.151. The predicted molar refractivity (Wildman–Crippen MR) is 73.5 cm³/mol. The Morgan fingerprint density at radius 3 is 2.14 bits per heavy atom. The Morgan fingerprint density at radius 2 is 1.62 bits per heavy atom. The van der Waals surface area contributed by atoms with E-state index < -0.39 is 23.4 Å². The molecule has 0 unspecified atom stereocenters. The number of carbonyl (C=O) groups excluding carboxylic acids is 1. The van der Waals surface area contributed by atoms with Crippen LogP contribution in [0.15, 0.2) is 36.4 Å². The van der Waals surface area contributed by atoms with E-state index in [1.165, 1.54) is 0 Å². The number of hydrogen-bond donors (Lipinski definition) is 2. The smallest absolute Gasteiger partial charge is 0.255 e. The van der Waals surface area contributed by atoms with E-state index in [1.54, 1.807) is 24.3 Å². The van der Waals surface area contributed by atoms with Crippen LogP contribution >= 0.6 is 0 Å². The molecule has 3 nitrogen and oxygen atoms in total. The van der Waals surface area contributed by atoms with Crippen LogP contribution in [0, 0.1) is 17.5 Å². The summed E-state index contributed by atoms with van der Waals surface area (Å²) in [5, 5.41) is 2.31. The van der Waals surface area contributed by atoms with Crippen LogP contribution in [0.3, 0.4) is 0 Å². The zero-order chi connectivity index (χ0) is 15.4. The molecule has 0 radical (unpaired) electrons. The van der Waals surface area contributed by atoms with Crippen molar-refractivity contribution in [2.45, 2.75) is 6.42 Å². The van der Waals surface area contributed by atoms with Gasteiger partial charge in [0.25, 0.3) is 5.91 Å². The molecule has 0 heterocycles. The van der Waals surface area contributed by atoms with Crippen molar-refractivity contribution in [3.8, 4) is 0 Å². The highest BCUT2D eigenvalue weighted by molar-refractivity contribution is 6.04. The molecule has 0 atom stereocenters. The van der Waals surface area contributed by atoms with E-state index in [4.69, 9.17) is 5.73 Å². The summed E-state index contributed by atoms with van der Waals surface area (Å²) < 4.78 is 38.9. The molecule has 0 aliphatic heterocycles. The van der Waals surface area contributed by atoms with Crippen LogP contribution in [0.2, 0.25) is 0 Å². The van der Waals surface area contributed by atoms with Gasteiger partial charge >= 0.3 is 0 Å². The lowest BCUT2D eigenvalue weighted by atomic mass is 10.1. The summed E-state index contributed by atoms with van der Waals surface area (Å²) in [6.07, 6.45) is 0.691. The molecule has 2 aromatic carbocycles. The number of hydrogen-bond acceptors (Lipinski definition) is 2. The summed E-state index contributed by atoms with van der Waals surface area (Å²) in [4.78, 5) is 11.9. The first-order chi connectivity index (χ1) is 10.0. The lowest BCUT2D eigenvalue weighted by molar-refractivity contribution is 0.102. The van der Waals surface area contributed by atoms with E-state index in [9.17, 15) is 18.0 Å². The average molecular weight is 294 g/mol. The zero-order valence-corrected chi connectivity index (χ0v) is 11.0. The van der Waals surface area contributed by atoms with Gasteiger partial charge in [0, 0.05) is 23.4 Å². The molecule has 110 valence electrons. The van der Waals surface area contributed by atoms with E-state index >= 15 is 0 Å². The van der Waals surface area contributed by atoms with Gasteiger partial charge in [0.15, 0.2) is 17.5 Å². The fraction of sp³-hybridized carbons (Fsp3) is 0.133. The van der Waals surface area contributed by atoms with Crippen LogP contribution < -0.4 is 11.1 Å². The highest BCUT2D eigenvalue weighted by Crippen LogP contribution is 2.18. The van der Waals surface area contributed by atoms with Crippen LogP contribution in [-0.4, -0.2) is 12.5 Å². The van der Waals surface area contributed by atoms with Crippen molar-refractivity contribution in [3.05, 3.63) is 65.0 Å². The van der Waals surface area contributed by atoms with Crippen molar-refractivity contribution in [1.82, 2.24) is 0 Å². The molecule has 1 amide bonds. The molecule has 0 aliphatic rings. The summed E-state index contributed by atoms with van der Waals surface area (Å²) in [5.41, 5.74) is 6.57. The molecule has 0 bridgehead atoms. The van der Waals surface area contributed by atoms with E-state index in [-0.39, 0.29) is 5.69 Å². The Balaban J connectivity index is 2.14. The van der Waals surface area contributed by atoms with Gasteiger partial charge in [0.2, 0.25) is 0 Å². The van der Waals surface area contributed by atoms with E-state index in [0.29, 0.717) is 18.5 Å². The topological polar surface area (TPSA) is 55.1 Å². The predicted octanol–water partition coefficient (Wildman–Crippen LogP) is 2.86. The lowest BCUT2D eigenvalue weighted by Crippen LogP contribution is -2.13. The quantitative estimate of drug-likeness (QED) is 0.852. The molecule has 3 N–H and O–H groups in total. The maximum Gasteiger partial charge on any atom is 0.255 e. The van der Waals surface area contributed by atoms with Crippen LogP contribution in [0.1, 0.15) is 15.9 Å². The standard InChI is InChI=1S/C15H13F3N2O/c16-12-7-11(8-13(17)14(12)18)20-15(21)10-3-1-9(2-4-10)5-6-19/h1-4,7-8H,5-6,19H2,(H,20,21). The number of amides is 1. The normalized spacial score (nSPS) is 10.5. The van der Waals surface area contributed by atoms with Crippen molar-refractivity contribution in [2.75, 3.05) is 11.9 Å². The molecule has 21 heavy (non-hydrogen) atoms. The van der Waals surface area contributed by atoms with Crippen LogP contribution in [0.25, 0.3) is 0 Å². The maximum absolute atomic E-state index is 13.1. The number of carbonyl (C=O) groups is 1. The minimum Gasteiger partial charge on any atom is -0.330 e. The highest BCUT2D eigenvalue weighted by Gasteiger charge is 2.13. The molecule has 0 aliphatic carbocycles. The van der Waals surface area contributed by atoms with Crippen molar-refractivity contribution in [1.29, 1.82) is 0 Å². The van der Waals surface area contributed by atoms with Gasteiger partial charge in [0.05, 0.1) is 0 Å². The van der Waals surface area contributed by atoms with Crippen LogP contribution in [0.4, 0.5) is 18.9 Å². The minimum atomic E-state index is -1.57. The van der Waals surface area contributed by atoms with Crippen LogP contribution in [-0.2, 0) is 6.42 Å². The number of halogens is 3. The number of rotatable bonds is 4. The number of anilines is 1. The Morgan fingerprint density at radius 1 is 1.05 bits per heavy atom. The summed E-state index contributed by atoms with van der Waals surface area (Å²) in [7, 11) is 0. The third-order valence-electron chi connectivity index (χ3n) is 2.89. The van der Waals surface area contributed by atoms with Crippen LogP contribution in [0.5, 0.6) is 0 Å². The van der Waals surface area contributed by atoms with Crippen molar-refractivity contribution < 1.29 is 18.0 Å². The summed E-state index contributed by atoms with van der Waals surface area (Å²) >= 11 is 0. The number of nitrogens with one attached hydrogen (secondary N) is 1. The van der Waals surface area contributed by atoms with Crippen molar-refractivity contribution >= 4 is 11.6 Å². The second-order valence-corrected chi connectivity index (χ2v) is 4.44. The van der Waals surface area contributed by atoms with Gasteiger partial charge in [-0.3, -0.25) is 4.79 Å². The third kappa shape index (κ3) is 3.61. The van der Waals surface area contributed by atoms with Gasteiger partial charge in [-0.25, -0.2) is 13.2 Å². The second kappa shape index (κ2) is 6.41. The molecular formula is C15H13F3N2O. The largest absolute Gasteiger partial charge is 0.330 e. The summed E-state index contributed by atoms with van der Waals surface area (Å²) in [5.74, 6) is -4.83. The molecule has 0 aromatic heterocycles. The zero-order valence-electron chi connectivity index (χ0n) is 11.0. The Bertz CT molecular complexity index is 633. The molecule has 0 spiro atoms. The van der Waals surface area contributed by atoms with Gasteiger partial charge in [-0.05, 0) is 30.7 Å². The van der Waals surface area contributed by atoms with Crippen molar-refractivity contribution in [3.63, 3.8) is 0 Å². The van der Waals surface area contributed by atoms with Gasteiger partial charge in [-0.2, -0.15) is 0 Å². The average Bonchev–Trinajstić information content (AvgIpc) is 2.45. The number of nitrogens with two attached hydrogens (primary N) is 1. The van der Waals surface area contributed by atoms with Crippen molar-refractivity contribution in [2.24, 2.45) is 5.73 Å².